The maximum Gasteiger partial charge on any atom is 0.243 e. The molecule has 1 atom stereocenters. The minimum Gasteiger partial charge on any atom is -0.493 e. The third-order valence-electron chi connectivity index (χ3n) is 4.57. The first-order chi connectivity index (χ1) is 14.2. The number of hydrogen-bond acceptors (Lipinski definition) is 5. The number of methoxy groups -OCH3 is 2. The summed E-state index contributed by atoms with van der Waals surface area (Å²) in [6.45, 7) is 2.12. The molecule has 1 amide bonds. The summed E-state index contributed by atoms with van der Waals surface area (Å²) in [4.78, 5) is 12.8. The molecule has 2 rings (SSSR count). The molecular weight excluding hydrogens is 428 g/mol. The fourth-order valence-electron chi connectivity index (χ4n) is 3.13. The molecule has 2 aromatic rings. The van der Waals surface area contributed by atoms with E-state index in [9.17, 15) is 13.2 Å². The summed E-state index contributed by atoms with van der Waals surface area (Å²) < 4.78 is 36.5. The maximum atomic E-state index is 12.8. The van der Waals surface area contributed by atoms with Gasteiger partial charge in [0, 0.05) is 11.6 Å². The van der Waals surface area contributed by atoms with E-state index in [1.165, 1.54) is 0 Å². The quantitative estimate of drug-likeness (QED) is 0.595. The summed E-state index contributed by atoms with van der Waals surface area (Å²) in [6.07, 6.45) is 1.96. The third-order valence-corrected chi connectivity index (χ3v) is 6.00. The lowest BCUT2D eigenvalue weighted by molar-refractivity contribution is -0.122. The Bertz CT molecular complexity index is 964. The zero-order valence-corrected chi connectivity index (χ0v) is 19.1. The van der Waals surface area contributed by atoms with Crippen LogP contribution in [0, 0.1) is 0 Å². The number of amides is 1. The summed E-state index contributed by atoms with van der Waals surface area (Å²) in [6, 6.07) is 11.0. The second-order valence-electron chi connectivity index (χ2n) is 6.69. The summed E-state index contributed by atoms with van der Waals surface area (Å²) in [7, 11) is -0.554. The average Bonchev–Trinajstić information content (AvgIpc) is 2.71. The number of hydrogen-bond donors (Lipinski definition) is 1. The van der Waals surface area contributed by atoms with Crippen molar-refractivity contribution in [2.24, 2.45) is 0 Å². The number of nitrogens with zero attached hydrogens (tertiary/aromatic N) is 1. The molecule has 0 aliphatic carbocycles. The summed E-state index contributed by atoms with van der Waals surface area (Å²) >= 11 is 5.91. The Labute approximate surface area is 183 Å². The molecule has 30 heavy (non-hydrogen) atoms. The second-order valence-corrected chi connectivity index (χ2v) is 8.99. The van der Waals surface area contributed by atoms with E-state index in [-0.39, 0.29) is 5.91 Å². The predicted octanol–water partition coefficient (Wildman–Crippen LogP) is 3.26. The van der Waals surface area contributed by atoms with Gasteiger partial charge in [-0.25, -0.2) is 8.42 Å². The first-order valence-electron chi connectivity index (χ1n) is 9.44. The highest BCUT2D eigenvalue weighted by atomic mass is 35.5. The van der Waals surface area contributed by atoms with Crippen molar-refractivity contribution in [3.8, 4) is 11.5 Å². The molecule has 0 aromatic heterocycles. The SMILES string of the molecule is CC[C@H](C(=O)NCCc1ccc(OC)c(OC)c1)N(c1ccc(Cl)cc1)S(C)(=O)=O. The number of ether oxygens (including phenoxy) is 2. The molecule has 0 spiro atoms. The van der Waals surface area contributed by atoms with E-state index in [0.717, 1.165) is 16.1 Å². The minimum atomic E-state index is -3.68. The van der Waals surface area contributed by atoms with E-state index in [4.69, 9.17) is 21.1 Å². The van der Waals surface area contributed by atoms with Crippen molar-refractivity contribution in [2.45, 2.75) is 25.8 Å². The highest BCUT2D eigenvalue weighted by molar-refractivity contribution is 7.92. The monoisotopic (exact) mass is 454 g/mol. The minimum absolute atomic E-state index is 0.317. The van der Waals surface area contributed by atoms with Gasteiger partial charge in [0.15, 0.2) is 11.5 Å². The zero-order valence-electron chi connectivity index (χ0n) is 17.5. The Morgan fingerprint density at radius 1 is 1.10 bits per heavy atom. The average molecular weight is 455 g/mol. The van der Waals surface area contributed by atoms with Gasteiger partial charge >= 0.3 is 0 Å². The highest BCUT2D eigenvalue weighted by Crippen LogP contribution is 2.28. The molecule has 0 bridgehead atoms. The van der Waals surface area contributed by atoms with E-state index in [1.807, 2.05) is 12.1 Å². The molecule has 0 radical (unpaired) electrons. The van der Waals surface area contributed by atoms with Crippen LogP contribution >= 0.6 is 11.6 Å². The lowest BCUT2D eigenvalue weighted by Crippen LogP contribution is -2.49. The Morgan fingerprint density at radius 3 is 2.27 bits per heavy atom. The second kappa shape index (κ2) is 10.5. The predicted molar refractivity (Wildman–Crippen MR) is 119 cm³/mol. The van der Waals surface area contributed by atoms with Crippen LogP contribution in [-0.2, 0) is 21.2 Å². The van der Waals surface area contributed by atoms with Gasteiger partial charge < -0.3 is 14.8 Å². The largest absolute Gasteiger partial charge is 0.493 e. The first-order valence-corrected chi connectivity index (χ1v) is 11.7. The van der Waals surface area contributed by atoms with Crippen molar-refractivity contribution >= 4 is 33.2 Å². The van der Waals surface area contributed by atoms with E-state index < -0.39 is 16.1 Å². The Balaban J connectivity index is 2.11. The molecule has 2 aromatic carbocycles. The van der Waals surface area contributed by atoms with Gasteiger partial charge in [0.2, 0.25) is 15.9 Å². The molecule has 7 nitrogen and oxygen atoms in total. The van der Waals surface area contributed by atoms with Gasteiger partial charge in [-0.1, -0.05) is 24.6 Å². The Morgan fingerprint density at radius 2 is 1.73 bits per heavy atom. The number of benzene rings is 2. The van der Waals surface area contributed by atoms with Crippen molar-refractivity contribution in [3.05, 3.63) is 53.1 Å². The first kappa shape index (κ1) is 23.8. The number of anilines is 1. The molecule has 0 fully saturated rings. The topological polar surface area (TPSA) is 84.9 Å². The third kappa shape index (κ3) is 6.03. The van der Waals surface area contributed by atoms with E-state index in [2.05, 4.69) is 5.32 Å². The van der Waals surface area contributed by atoms with E-state index >= 15 is 0 Å². The Hall–Kier alpha value is -2.45. The molecule has 0 saturated heterocycles. The van der Waals surface area contributed by atoms with Crippen LogP contribution < -0.4 is 19.1 Å². The van der Waals surface area contributed by atoms with Crippen molar-refractivity contribution in [1.82, 2.24) is 5.32 Å². The number of rotatable bonds is 10. The molecule has 0 aliphatic heterocycles. The van der Waals surface area contributed by atoms with Gasteiger partial charge in [0.25, 0.3) is 0 Å². The van der Waals surface area contributed by atoms with E-state index in [0.29, 0.717) is 41.6 Å². The van der Waals surface area contributed by atoms with Crippen molar-refractivity contribution in [2.75, 3.05) is 31.3 Å². The standard InChI is InChI=1S/C21H27ClN2O5S/c1-5-18(24(30(4,26)27)17-9-7-16(22)8-10-17)21(25)23-13-12-15-6-11-19(28-2)20(14-15)29-3/h6-11,14,18H,5,12-13H2,1-4H3,(H,23,25)/t18-/m1/s1. The van der Waals surface area contributed by atoms with Gasteiger partial charge in [-0.15, -0.1) is 0 Å². The molecule has 9 heteroatoms. The lowest BCUT2D eigenvalue weighted by atomic mass is 10.1. The summed E-state index contributed by atoms with van der Waals surface area (Å²) in [5, 5.41) is 3.32. The normalized spacial score (nSPS) is 12.2. The van der Waals surface area contributed by atoms with Crippen LogP contribution in [0.3, 0.4) is 0 Å². The van der Waals surface area contributed by atoms with Gasteiger partial charge in [-0.3, -0.25) is 9.10 Å². The Kier molecular flexibility index (Phi) is 8.37. The van der Waals surface area contributed by atoms with Crippen LogP contribution in [0.1, 0.15) is 18.9 Å². The van der Waals surface area contributed by atoms with E-state index in [1.54, 1.807) is 51.5 Å². The maximum absolute atomic E-state index is 12.8. The fourth-order valence-corrected chi connectivity index (χ4v) is 4.47. The van der Waals surface area contributed by atoms with Gasteiger partial charge in [0.1, 0.15) is 6.04 Å². The molecule has 0 unspecified atom stereocenters. The molecule has 0 aliphatic rings. The number of halogens is 1. The number of nitrogens with one attached hydrogen (secondary N) is 1. The fraction of sp³-hybridized carbons (Fsp3) is 0.381. The van der Waals surface area contributed by atoms with Gasteiger partial charge in [-0.05, 0) is 54.8 Å². The van der Waals surface area contributed by atoms with Crippen LogP contribution in [-0.4, -0.2) is 47.4 Å². The van der Waals surface area contributed by atoms with Crippen LogP contribution in [0.4, 0.5) is 5.69 Å². The number of sulfonamides is 1. The van der Waals surface area contributed by atoms with Crippen molar-refractivity contribution in [1.29, 1.82) is 0 Å². The van der Waals surface area contributed by atoms with Crippen LogP contribution in [0.2, 0.25) is 5.02 Å². The smallest absolute Gasteiger partial charge is 0.243 e. The lowest BCUT2D eigenvalue weighted by Gasteiger charge is -2.30. The number of carbonyl (C=O) groups is 1. The van der Waals surface area contributed by atoms with Crippen molar-refractivity contribution in [3.63, 3.8) is 0 Å². The van der Waals surface area contributed by atoms with Gasteiger partial charge in [-0.2, -0.15) is 0 Å². The van der Waals surface area contributed by atoms with Crippen molar-refractivity contribution < 1.29 is 22.7 Å². The van der Waals surface area contributed by atoms with Gasteiger partial charge in [0.05, 0.1) is 26.2 Å². The van der Waals surface area contributed by atoms with Crippen LogP contribution in [0.15, 0.2) is 42.5 Å². The molecular formula is C21H27ClN2O5S. The molecule has 164 valence electrons. The summed E-state index contributed by atoms with van der Waals surface area (Å²) in [5.74, 6) is 0.875. The highest BCUT2D eigenvalue weighted by Gasteiger charge is 2.31. The molecule has 0 heterocycles. The number of carbonyl (C=O) groups excluding carboxylic acids is 1. The van der Waals surface area contributed by atoms with Crippen LogP contribution in [0.5, 0.6) is 11.5 Å². The molecule has 0 saturated carbocycles. The van der Waals surface area contributed by atoms with Crippen LogP contribution in [0.25, 0.3) is 0 Å². The summed E-state index contributed by atoms with van der Waals surface area (Å²) in [5.41, 5.74) is 1.35. The molecule has 1 N–H and O–H groups in total. The zero-order chi connectivity index (χ0) is 22.3.